The van der Waals surface area contributed by atoms with Crippen molar-refractivity contribution in [2.24, 2.45) is 11.0 Å². The van der Waals surface area contributed by atoms with Crippen LogP contribution in [0, 0.1) is 17.1 Å². The average molecular weight is 459 g/mol. The molecule has 0 radical (unpaired) electrons. The van der Waals surface area contributed by atoms with Gasteiger partial charge < -0.3 is 20.7 Å². The van der Waals surface area contributed by atoms with Crippen molar-refractivity contribution in [2.45, 2.75) is 18.8 Å². The summed E-state index contributed by atoms with van der Waals surface area (Å²) in [5, 5.41) is 23.4. The van der Waals surface area contributed by atoms with Crippen molar-refractivity contribution in [3.8, 4) is 5.88 Å². The molecule has 166 valence electrons. The summed E-state index contributed by atoms with van der Waals surface area (Å²) in [4.78, 5) is 31.3. The van der Waals surface area contributed by atoms with Crippen molar-refractivity contribution in [3.63, 3.8) is 0 Å². The molecule has 1 fully saturated rings. The van der Waals surface area contributed by atoms with Crippen LogP contribution in [0.25, 0.3) is 0 Å². The predicted molar refractivity (Wildman–Crippen MR) is 123 cm³/mol. The van der Waals surface area contributed by atoms with Crippen molar-refractivity contribution in [1.29, 1.82) is 5.41 Å². The lowest BCUT2D eigenvalue weighted by Gasteiger charge is -2.38. The number of benzene rings is 1. The van der Waals surface area contributed by atoms with Gasteiger partial charge in [-0.2, -0.15) is 5.10 Å². The Bertz CT molecular complexity index is 1070. The van der Waals surface area contributed by atoms with Gasteiger partial charge in [-0.3, -0.25) is 15.0 Å². The lowest BCUT2D eigenvalue weighted by molar-refractivity contribution is -0.121. The molecule has 0 saturated carbocycles. The minimum absolute atomic E-state index is 0.0908. The molecule has 2 atom stereocenters. The van der Waals surface area contributed by atoms with Crippen molar-refractivity contribution < 1.29 is 19.1 Å². The van der Waals surface area contributed by atoms with Gasteiger partial charge in [0.2, 0.25) is 11.8 Å². The number of nitrogens with zero attached hydrogens (tertiary/aromatic N) is 3. The molecule has 0 spiro atoms. The number of carbonyl (C=O) groups is 2. The summed E-state index contributed by atoms with van der Waals surface area (Å²) in [6, 6.07) is 5.06. The summed E-state index contributed by atoms with van der Waals surface area (Å²) in [5.74, 6) is -2.32. The fraction of sp³-hybridized carbons (Fsp3) is 0.250. The first-order valence-electron chi connectivity index (χ1n) is 9.84. The van der Waals surface area contributed by atoms with Crippen LogP contribution in [0.2, 0.25) is 5.02 Å². The molecule has 32 heavy (non-hydrogen) atoms. The maximum atomic E-state index is 13.7. The van der Waals surface area contributed by atoms with Crippen LogP contribution >= 0.6 is 11.6 Å². The first kappa shape index (κ1) is 23.2. The van der Waals surface area contributed by atoms with E-state index >= 15 is 0 Å². The van der Waals surface area contributed by atoms with Gasteiger partial charge in [0, 0.05) is 24.9 Å². The van der Waals surface area contributed by atoms with E-state index in [1.54, 1.807) is 4.90 Å². The van der Waals surface area contributed by atoms with Gasteiger partial charge in [0.25, 0.3) is 5.91 Å². The van der Waals surface area contributed by atoms with Gasteiger partial charge in [-0.1, -0.05) is 11.6 Å². The Morgan fingerprint density at radius 1 is 1.34 bits per heavy atom. The Hall–Kier alpha value is -3.47. The summed E-state index contributed by atoms with van der Waals surface area (Å²) in [6.45, 7) is 0.140. The minimum Gasteiger partial charge on any atom is -0.492 e. The number of halogens is 2. The van der Waals surface area contributed by atoms with Gasteiger partial charge in [-0.05, 0) is 37.1 Å². The van der Waals surface area contributed by atoms with E-state index in [4.69, 9.17) is 17.0 Å². The van der Waals surface area contributed by atoms with E-state index in [0.29, 0.717) is 12.8 Å². The zero-order valence-corrected chi connectivity index (χ0v) is 17.9. The second-order valence-electron chi connectivity index (χ2n) is 7.34. The Labute approximate surface area is 189 Å². The van der Waals surface area contributed by atoms with E-state index in [1.165, 1.54) is 24.4 Å². The number of pyridine rings is 1. The summed E-state index contributed by atoms with van der Waals surface area (Å²) in [6.07, 6.45) is 4.49. The molecule has 1 aliphatic heterocycles. The fourth-order valence-electron chi connectivity index (χ4n) is 3.46. The number of hydrogen-bond acceptors (Lipinski definition) is 7. The topological polar surface area (TPSA) is 131 Å². The third kappa shape index (κ3) is 5.41. The highest BCUT2D eigenvalue weighted by molar-refractivity contribution is 6.30. The third-order valence-corrected chi connectivity index (χ3v) is 5.36. The number of piperidine rings is 1. The highest BCUT2D eigenvalue weighted by atomic mass is 35.5. The molecule has 2 amide bonds. The number of rotatable bonds is 6. The Morgan fingerprint density at radius 3 is 2.88 bits per heavy atom. The Morgan fingerprint density at radius 2 is 2.12 bits per heavy atom. The minimum atomic E-state index is -0.548. The zero-order valence-electron chi connectivity index (χ0n) is 17.2. The van der Waals surface area contributed by atoms with Gasteiger partial charge in [0.05, 0.1) is 28.4 Å². The average Bonchev–Trinajstić information content (AvgIpc) is 2.76. The van der Waals surface area contributed by atoms with Crippen LogP contribution < -0.4 is 10.7 Å². The van der Waals surface area contributed by atoms with Crippen LogP contribution in [-0.2, 0) is 4.79 Å². The molecule has 0 aliphatic carbocycles. The van der Waals surface area contributed by atoms with Crippen LogP contribution in [0.1, 0.15) is 23.2 Å². The molecule has 1 saturated heterocycles. The monoisotopic (exact) mass is 458 g/mol. The summed E-state index contributed by atoms with van der Waals surface area (Å²) < 4.78 is 13.7. The van der Waals surface area contributed by atoms with Crippen molar-refractivity contribution in [1.82, 2.24) is 9.88 Å². The van der Waals surface area contributed by atoms with Crippen LogP contribution in [0.5, 0.6) is 5.88 Å². The van der Waals surface area contributed by atoms with Crippen LogP contribution in [0.4, 0.5) is 15.8 Å². The number of likely N-dealkylation sites (tertiary alicyclic amines) is 1. The second-order valence-corrected chi connectivity index (χ2v) is 7.78. The number of aromatic nitrogens is 1. The zero-order chi connectivity index (χ0) is 23.3. The second kappa shape index (κ2) is 10.2. The highest BCUT2D eigenvalue weighted by Gasteiger charge is 2.34. The highest BCUT2D eigenvalue weighted by Crippen LogP contribution is 2.28. The Kier molecular flexibility index (Phi) is 7.42. The van der Waals surface area contributed by atoms with E-state index in [9.17, 15) is 19.1 Å². The number of aromatic hydroxyl groups is 1. The molecule has 1 unspecified atom stereocenters. The number of nitrogens with one attached hydrogen (secondary N) is 3. The first-order chi connectivity index (χ1) is 15.3. The molecule has 9 nitrogen and oxygen atoms in total. The van der Waals surface area contributed by atoms with E-state index in [-0.39, 0.29) is 52.1 Å². The standard InChI is InChI=1S/C20H21BClFN6O3/c21-17-4-1-11(18(30)27-16-7-12(22)9-25-19(16)31)10-29(17)20(32)14-3-2-13(23)8-15(14)28-26-6-5-24/h2-3,5-9,11,17,24,28H,1,4,10,21H2,(H,25,31)(H,27,30)/b24-5?,26-6-/t11?,17-/m0/s1. The number of amides is 2. The van der Waals surface area contributed by atoms with E-state index in [0.717, 1.165) is 18.5 Å². The molecular formula is C20H21BClFN6O3. The molecule has 0 bridgehead atoms. The number of anilines is 2. The molecule has 1 aliphatic rings. The number of hydrogen-bond donors (Lipinski definition) is 4. The molecule has 1 aromatic heterocycles. The van der Waals surface area contributed by atoms with Crippen molar-refractivity contribution >= 4 is 55.1 Å². The largest absolute Gasteiger partial charge is 0.492 e. The van der Waals surface area contributed by atoms with Gasteiger partial charge in [-0.15, -0.1) is 0 Å². The van der Waals surface area contributed by atoms with E-state index in [1.807, 2.05) is 7.85 Å². The van der Waals surface area contributed by atoms with Crippen molar-refractivity contribution in [2.75, 3.05) is 17.3 Å². The molecule has 2 heterocycles. The SMILES string of the molecule is B[C@@H]1CCC(C(=O)Nc2cc(Cl)cnc2O)CN1C(=O)c1ccc(F)cc1N/N=C\C=N. The van der Waals surface area contributed by atoms with Gasteiger partial charge in [-0.25, -0.2) is 9.37 Å². The van der Waals surface area contributed by atoms with Gasteiger partial charge in [0.15, 0.2) is 0 Å². The molecule has 3 rings (SSSR count). The normalized spacial score (nSPS) is 18.4. The predicted octanol–water partition coefficient (Wildman–Crippen LogP) is 2.08. The van der Waals surface area contributed by atoms with E-state index in [2.05, 4.69) is 20.8 Å². The quantitative estimate of drug-likeness (QED) is 0.299. The Balaban J connectivity index is 1.78. The molecule has 1 aromatic carbocycles. The van der Waals surface area contributed by atoms with Crippen molar-refractivity contribution in [3.05, 3.63) is 46.9 Å². The molecule has 2 aromatic rings. The smallest absolute Gasteiger partial charge is 0.255 e. The molecule has 4 N–H and O–H groups in total. The van der Waals surface area contributed by atoms with Crippen LogP contribution in [0.3, 0.4) is 0 Å². The first-order valence-corrected chi connectivity index (χ1v) is 10.2. The van der Waals surface area contributed by atoms with Crippen LogP contribution in [-0.4, -0.2) is 59.6 Å². The lowest BCUT2D eigenvalue weighted by atomic mass is 9.81. The van der Waals surface area contributed by atoms with Gasteiger partial charge >= 0.3 is 0 Å². The summed E-state index contributed by atoms with van der Waals surface area (Å²) >= 11 is 5.88. The third-order valence-electron chi connectivity index (χ3n) is 5.15. The number of carbonyl (C=O) groups excluding carboxylic acids is 2. The maximum Gasteiger partial charge on any atom is 0.255 e. The van der Waals surface area contributed by atoms with Crippen LogP contribution in [0.15, 0.2) is 35.6 Å². The summed E-state index contributed by atoms with van der Waals surface area (Å²) in [5.41, 5.74) is 3.01. The summed E-state index contributed by atoms with van der Waals surface area (Å²) in [7, 11) is 1.88. The molecular weight excluding hydrogens is 438 g/mol. The lowest BCUT2D eigenvalue weighted by Crippen LogP contribution is -2.49. The molecule has 12 heteroatoms. The van der Waals surface area contributed by atoms with E-state index < -0.39 is 11.7 Å². The maximum absolute atomic E-state index is 13.7. The number of hydrazone groups is 1. The fourth-order valence-corrected chi connectivity index (χ4v) is 3.61. The van der Waals surface area contributed by atoms with Gasteiger partial charge in [0.1, 0.15) is 19.4 Å².